The minimum absolute atomic E-state index is 0.195. The molecule has 0 saturated heterocycles. The van der Waals surface area contributed by atoms with Crippen LogP contribution < -0.4 is 0 Å². The average Bonchev–Trinajstić information content (AvgIpc) is 1.67. The summed E-state index contributed by atoms with van der Waals surface area (Å²) in [6.45, 7) is 1.82. The van der Waals surface area contributed by atoms with Gasteiger partial charge in [0.2, 0.25) is 0 Å². The van der Waals surface area contributed by atoms with Gasteiger partial charge in [0.1, 0.15) is 0 Å². The lowest BCUT2D eigenvalue weighted by molar-refractivity contribution is -0.462. The Morgan fingerprint density at radius 3 is 2.12 bits per heavy atom. The minimum atomic E-state index is -2.41. The molecule has 0 aromatic heterocycles. The van der Waals surface area contributed by atoms with Gasteiger partial charge in [0, 0.05) is 7.11 Å². The van der Waals surface area contributed by atoms with Gasteiger partial charge in [-0.2, -0.15) is 0 Å². The normalized spacial score (nSPS) is 12.0. The quantitative estimate of drug-likeness (QED) is 0.484. The number of aliphatic hydroxyl groups is 2. The maximum atomic E-state index is 8.43. The van der Waals surface area contributed by atoms with Crippen molar-refractivity contribution in [1.29, 1.82) is 0 Å². The van der Waals surface area contributed by atoms with Gasteiger partial charge in [0.25, 0.3) is 0 Å². The molecule has 0 bridgehead atoms. The van der Waals surface area contributed by atoms with E-state index in [1.807, 2.05) is 0 Å². The molecule has 0 radical (unpaired) electrons. The fourth-order valence-electron chi connectivity index (χ4n) is 0.247. The third-order valence-electron chi connectivity index (χ3n) is 0.598. The van der Waals surface area contributed by atoms with Crippen molar-refractivity contribution in [3.05, 3.63) is 0 Å². The van der Waals surface area contributed by atoms with Gasteiger partial charge in [-0.05, 0) is 6.92 Å². The highest BCUT2D eigenvalue weighted by Crippen LogP contribution is 1.99. The van der Waals surface area contributed by atoms with Crippen LogP contribution in [-0.4, -0.2) is 30.1 Å². The average molecular weight is 122 g/mol. The molecule has 0 saturated carbocycles. The lowest BCUT2D eigenvalue weighted by Gasteiger charge is -2.16. The standard InChI is InChI=1S/C4H10O4/c1-3-8-4(5,6)7-2/h5-6H,3H2,1-2H3. The summed E-state index contributed by atoms with van der Waals surface area (Å²) >= 11 is 0. The van der Waals surface area contributed by atoms with Crippen molar-refractivity contribution < 1.29 is 19.7 Å². The Morgan fingerprint density at radius 1 is 1.50 bits per heavy atom. The highest BCUT2D eigenvalue weighted by atomic mass is 16.9. The lowest BCUT2D eigenvalue weighted by atomic mass is 10.8. The molecule has 0 aromatic rings. The van der Waals surface area contributed by atoms with Crippen LogP contribution in [0.5, 0.6) is 0 Å². The summed E-state index contributed by atoms with van der Waals surface area (Å²) in [7, 11) is 1.13. The Kier molecular flexibility index (Phi) is 2.93. The zero-order valence-corrected chi connectivity index (χ0v) is 4.92. The Labute approximate surface area is 47.6 Å². The summed E-state index contributed by atoms with van der Waals surface area (Å²) in [6.07, 6.45) is -2.41. The Morgan fingerprint density at radius 2 is 2.00 bits per heavy atom. The molecule has 0 heterocycles. The molecule has 0 fully saturated rings. The Balaban J connectivity index is 3.37. The molecule has 0 aliphatic rings. The van der Waals surface area contributed by atoms with E-state index in [4.69, 9.17) is 10.2 Å². The first kappa shape index (κ1) is 7.84. The summed E-state index contributed by atoms with van der Waals surface area (Å²) in [5.74, 6) is 0. The van der Waals surface area contributed by atoms with Gasteiger partial charge in [-0.15, -0.1) is 0 Å². The van der Waals surface area contributed by atoms with E-state index in [9.17, 15) is 0 Å². The van der Waals surface area contributed by atoms with Crippen LogP contribution >= 0.6 is 0 Å². The van der Waals surface area contributed by atoms with E-state index < -0.39 is 6.16 Å². The molecule has 4 nitrogen and oxygen atoms in total. The number of hydrogen-bond donors (Lipinski definition) is 2. The van der Waals surface area contributed by atoms with Crippen LogP contribution in [0.2, 0.25) is 0 Å². The Hall–Kier alpha value is -0.160. The first-order valence-corrected chi connectivity index (χ1v) is 2.26. The highest BCUT2D eigenvalue weighted by molar-refractivity contribution is 4.23. The molecule has 0 aromatic carbocycles. The molecule has 8 heavy (non-hydrogen) atoms. The first-order chi connectivity index (χ1) is 3.62. The van der Waals surface area contributed by atoms with Crippen molar-refractivity contribution in [3.63, 3.8) is 0 Å². The van der Waals surface area contributed by atoms with Gasteiger partial charge < -0.3 is 19.7 Å². The fraction of sp³-hybridized carbons (Fsp3) is 1.00. The second-order valence-electron chi connectivity index (χ2n) is 1.19. The molecule has 4 heteroatoms. The van der Waals surface area contributed by atoms with Gasteiger partial charge in [-0.25, -0.2) is 0 Å². The van der Waals surface area contributed by atoms with Crippen molar-refractivity contribution in [1.82, 2.24) is 0 Å². The van der Waals surface area contributed by atoms with Crippen molar-refractivity contribution >= 4 is 0 Å². The molecule has 0 rings (SSSR count). The van der Waals surface area contributed by atoms with Crippen LogP contribution in [0.4, 0.5) is 0 Å². The number of hydrogen-bond acceptors (Lipinski definition) is 4. The summed E-state index contributed by atoms with van der Waals surface area (Å²) < 4.78 is 8.33. The fourth-order valence-corrected chi connectivity index (χ4v) is 0.247. The summed E-state index contributed by atoms with van der Waals surface area (Å²) in [6, 6.07) is 0. The van der Waals surface area contributed by atoms with E-state index in [0.29, 0.717) is 0 Å². The van der Waals surface area contributed by atoms with Crippen molar-refractivity contribution in [2.75, 3.05) is 13.7 Å². The van der Waals surface area contributed by atoms with Gasteiger partial charge in [-0.1, -0.05) is 0 Å². The zero-order valence-electron chi connectivity index (χ0n) is 4.92. The molecule has 0 aliphatic carbocycles. The van der Waals surface area contributed by atoms with E-state index >= 15 is 0 Å². The van der Waals surface area contributed by atoms with Crippen molar-refractivity contribution in [2.24, 2.45) is 0 Å². The van der Waals surface area contributed by atoms with Gasteiger partial charge in [0.15, 0.2) is 0 Å². The predicted molar refractivity (Wildman–Crippen MR) is 25.8 cm³/mol. The molecule has 0 aliphatic heterocycles. The van der Waals surface area contributed by atoms with E-state index in [-0.39, 0.29) is 6.61 Å². The third kappa shape index (κ3) is 2.92. The zero-order chi connectivity index (χ0) is 6.62. The van der Waals surface area contributed by atoms with Crippen LogP contribution in [0.25, 0.3) is 0 Å². The monoisotopic (exact) mass is 122 g/mol. The SMILES string of the molecule is CCOC(O)(O)OC. The number of ether oxygens (including phenoxy) is 2. The molecule has 2 N–H and O–H groups in total. The van der Waals surface area contributed by atoms with Crippen LogP contribution in [0.3, 0.4) is 0 Å². The molecular weight excluding hydrogens is 112 g/mol. The second-order valence-corrected chi connectivity index (χ2v) is 1.19. The number of methoxy groups -OCH3 is 1. The van der Waals surface area contributed by atoms with Gasteiger partial charge in [0.05, 0.1) is 6.61 Å². The summed E-state index contributed by atoms with van der Waals surface area (Å²) in [5.41, 5.74) is 0. The predicted octanol–water partition coefficient (Wildman–Crippen LogP) is -0.735. The van der Waals surface area contributed by atoms with Crippen LogP contribution in [-0.2, 0) is 9.47 Å². The van der Waals surface area contributed by atoms with Gasteiger partial charge >= 0.3 is 6.16 Å². The maximum absolute atomic E-state index is 8.43. The third-order valence-corrected chi connectivity index (χ3v) is 0.598. The minimum Gasteiger partial charge on any atom is -0.319 e. The largest absolute Gasteiger partial charge is 0.407 e. The molecule has 0 atom stereocenters. The van der Waals surface area contributed by atoms with Crippen LogP contribution in [0, 0.1) is 0 Å². The van der Waals surface area contributed by atoms with Gasteiger partial charge in [-0.3, -0.25) is 0 Å². The summed E-state index contributed by atoms with van der Waals surface area (Å²) in [4.78, 5) is 0. The van der Waals surface area contributed by atoms with E-state index in [0.717, 1.165) is 7.11 Å². The topological polar surface area (TPSA) is 58.9 Å². The molecule has 0 unspecified atom stereocenters. The lowest BCUT2D eigenvalue weighted by Crippen LogP contribution is -2.33. The van der Waals surface area contributed by atoms with E-state index in [1.54, 1.807) is 6.92 Å². The molecular formula is C4H10O4. The van der Waals surface area contributed by atoms with Crippen LogP contribution in [0.15, 0.2) is 0 Å². The second kappa shape index (κ2) is 2.99. The van der Waals surface area contributed by atoms with Crippen molar-refractivity contribution in [2.45, 2.75) is 13.1 Å². The first-order valence-electron chi connectivity index (χ1n) is 2.26. The maximum Gasteiger partial charge on any atom is 0.407 e. The smallest absolute Gasteiger partial charge is 0.319 e. The number of rotatable bonds is 3. The Bertz CT molecular complexity index is 61.1. The van der Waals surface area contributed by atoms with E-state index in [2.05, 4.69) is 9.47 Å². The summed E-state index contributed by atoms with van der Waals surface area (Å²) in [5, 5.41) is 16.9. The van der Waals surface area contributed by atoms with Crippen LogP contribution in [0.1, 0.15) is 6.92 Å². The highest BCUT2D eigenvalue weighted by Gasteiger charge is 2.21. The van der Waals surface area contributed by atoms with E-state index in [1.165, 1.54) is 0 Å². The molecule has 0 spiro atoms. The molecule has 50 valence electrons. The molecule has 0 amide bonds. The van der Waals surface area contributed by atoms with Crippen molar-refractivity contribution in [3.8, 4) is 0 Å².